The summed E-state index contributed by atoms with van der Waals surface area (Å²) in [5.41, 5.74) is 0.679. The van der Waals surface area contributed by atoms with Gasteiger partial charge in [-0.2, -0.15) is 0 Å². The molecule has 3 rings (SSSR count). The Labute approximate surface area is 261 Å². The minimum absolute atomic E-state index is 0.0907. The summed E-state index contributed by atoms with van der Waals surface area (Å²) in [5, 5.41) is 2.43. The van der Waals surface area contributed by atoms with Crippen molar-refractivity contribution in [2.75, 3.05) is 27.9 Å². The summed E-state index contributed by atoms with van der Waals surface area (Å²) in [5.74, 6) is -0.259. The van der Waals surface area contributed by atoms with Crippen LogP contribution in [0.4, 0.5) is 0 Å². The van der Waals surface area contributed by atoms with Crippen LogP contribution in [0.5, 0.6) is 0 Å². The second-order valence-corrected chi connectivity index (χ2v) is 17.0. The lowest BCUT2D eigenvalue weighted by Crippen LogP contribution is -2.66. The van der Waals surface area contributed by atoms with Crippen molar-refractivity contribution < 1.29 is 28.2 Å². The number of carbonyl (C=O) groups excluding carboxylic acids is 1. The third kappa shape index (κ3) is 9.59. The molecular formula is C36H54O6Si. The molecule has 0 amide bonds. The van der Waals surface area contributed by atoms with E-state index in [4.69, 9.17) is 23.4 Å². The SMILES string of the molecule is CCCCC[C@H](C[C@H](CC1=C[C@H](C[C@H](CCO[Si](c2ccccc2)(c2ccccc2)C(C)(C)C)OC)OC1=O)OC)OC. The summed E-state index contributed by atoms with van der Waals surface area (Å²) in [6.45, 7) is 9.59. The Bertz CT molecular complexity index is 1070. The van der Waals surface area contributed by atoms with Crippen molar-refractivity contribution in [1.82, 2.24) is 0 Å². The summed E-state index contributed by atoms with van der Waals surface area (Å²) in [6, 6.07) is 21.3. The lowest BCUT2D eigenvalue weighted by Gasteiger charge is -2.43. The van der Waals surface area contributed by atoms with E-state index in [1.807, 2.05) is 6.08 Å². The van der Waals surface area contributed by atoms with E-state index < -0.39 is 8.32 Å². The molecule has 0 fully saturated rings. The van der Waals surface area contributed by atoms with E-state index in [-0.39, 0.29) is 35.4 Å². The zero-order chi connectivity index (χ0) is 31.3. The minimum Gasteiger partial charge on any atom is -0.455 e. The molecule has 0 aromatic heterocycles. The first-order valence-corrected chi connectivity index (χ1v) is 17.8. The average molecular weight is 611 g/mol. The van der Waals surface area contributed by atoms with Gasteiger partial charge in [-0.05, 0) is 34.3 Å². The van der Waals surface area contributed by atoms with E-state index >= 15 is 0 Å². The number of ether oxygens (including phenoxy) is 4. The Hall–Kier alpha value is -2.29. The van der Waals surface area contributed by atoms with Crippen LogP contribution in [-0.2, 0) is 28.2 Å². The molecule has 238 valence electrons. The lowest BCUT2D eigenvalue weighted by atomic mass is 9.99. The molecule has 2 aromatic rings. The molecule has 0 saturated carbocycles. The Morgan fingerprint density at radius 2 is 1.40 bits per heavy atom. The summed E-state index contributed by atoms with van der Waals surface area (Å²) >= 11 is 0. The molecule has 1 heterocycles. The van der Waals surface area contributed by atoms with Crippen LogP contribution in [0.2, 0.25) is 5.04 Å². The van der Waals surface area contributed by atoms with Crippen molar-refractivity contribution in [2.45, 2.75) is 109 Å². The van der Waals surface area contributed by atoms with Gasteiger partial charge in [0.1, 0.15) is 6.10 Å². The van der Waals surface area contributed by atoms with Crippen LogP contribution in [0, 0.1) is 0 Å². The molecule has 7 heteroatoms. The van der Waals surface area contributed by atoms with E-state index in [2.05, 4.69) is 88.4 Å². The summed E-state index contributed by atoms with van der Waals surface area (Å²) in [7, 11) is 2.56. The highest BCUT2D eigenvalue weighted by molar-refractivity contribution is 6.99. The number of cyclic esters (lactones) is 1. The fourth-order valence-electron chi connectivity index (χ4n) is 6.26. The molecule has 0 radical (unpaired) electrons. The van der Waals surface area contributed by atoms with E-state index in [9.17, 15) is 4.79 Å². The highest BCUT2D eigenvalue weighted by atomic mass is 28.4. The molecule has 0 saturated heterocycles. The van der Waals surface area contributed by atoms with Crippen LogP contribution >= 0.6 is 0 Å². The monoisotopic (exact) mass is 610 g/mol. The van der Waals surface area contributed by atoms with Crippen LogP contribution in [0.25, 0.3) is 0 Å². The summed E-state index contributed by atoms with van der Waals surface area (Å²) in [6.07, 6.45) is 8.64. The predicted octanol–water partition coefficient (Wildman–Crippen LogP) is 6.60. The second-order valence-electron chi connectivity index (χ2n) is 12.7. The lowest BCUT2D eigenvalue weighted by molar-refractivity contribution is -0.141. The molecule has 0 aliphatic carbocycles. The van der Waals surface area contributed by atoms with E-state index in [1.54, 1.807) is 21.3 Å². The van der Waals surface area contributed by atoms with Crippen LogP contribution in [0.1, 0.15) is 79.1 Å². The highest BCUT2D eigenvalue weighted by Crippen LogP contribution is 2.37. The van der Waals surface area contributed by atoms with Gasteiger partial charge in [-0.25, -0.2) is 4.79 Å². The van der Waals surface area contributed by atoms with Crippen LogP contribution in [-0.4, -0.2) is 66.6 Å². The van der Waals surface area contributed by atoms with E-state index in [0.717, 1.165) is 19.3 Å². The van der Waals surface area contributed by atoms with Crippen LogP contribution in [0.15, 0.2) is 72.3 Å². The van der Waals surface area contributed by atoms with Gasteiger partial charge in [0.25, 0.3) is 8.32 Å². The number of unbranched alkanes of at least 4 members (excludes halogenated alkanes) is 2. The predicted molar refractivity (Wildman–Crippen MR) is 177 cm³/mol. The first kappa shape index (κ1) is 35.2. The standard InChI is InChI=1S/C36H54O6Si/c1-8-9-12-17-29(38-5)26-31(40-7)24-28-25-32(42-35(28)37)27-30(39-6)22-23-41-43(36(2,3)4,33-18-13-10-14-19-33)34-20-15-11-16-21-34/h10-11,13-16,18-21,25,29-32H,8-9,12,17,22-24,26-27H2,1-7H3/t29-,30+,31+,32-/m1/s1. The largest absolute Gasteiger partial charge is 0.455 e. The van der Waals surface area contributed by atoms with Crippen molar-refractivity contribution in [1.29, 1.82) is 0 Å². The molecule has 1 aliphatic rings. The van der Waals surface area contributed by atoms with Gasteiger partial charge in [0.15, 0.2) is 0 Å². The minimum atomic E-state index is -2.62. The molecule has 4 atom stereocenters. The quantitative estimate of drug-likeness (QED) is 0.101. The molecular weight excluding hydrogens is 556 g/mol. The first-order chi connectivity index (χ1) is 20.7. The molecule has 0 spiro atoms. The number of hydrogen-bond acceptors (Lipinski definition) is 6. The van der Waals surface area contributed by atoms with Crippen molar-refractivity contribution in [2.24, 2.45) is 0 Å². The molecule has 0 N–H and O–H groups in total. The first-order valence-electron chi connectivity index (χ1n) is 15.9. The van der Waals surface area contributed by atoms with Gasteiger partial charge in [0, 0.05) is 52.8 Å². The Morgan fingerprint density at radius 3 is 1.91 bits per heavy atom. The van der Waals surface area contributed by atoms with Gasteiger partial charge in [-0.3, -0.25) is 0 Å². The maximum absolute atomic E-state index is 12.8. The van der Waals surface area contributed by atoms with Crippen molar-refractivity contribution in [3.63, 3.8) is 0 Å². The molecule has 2 aromatic carbocycles. The molecule has 43 heavy (non-hydrogen) atoms. The summed E-state index contributed by atoms with van der Waals surface area (Å²) < 4.78 is 30.2. The normalized spacial score (nSPS) is 17.8. The number of rotatable bonds is 19. The fraction of sp³-hybridized carbons (Fsp3) is 0.583. The molecule has 1 aliphatic heterocycles. The van der Waals surface area contributed by atoms with Crippen LogP contribution < -0.4 is 10.4 Å². The Kier molecular flexibility index (Phi) is 14.1. The molecule has 6 nitrogen and oxygen atoms in total. The Morgan fingerprint density at radius 1 is 0.814 bits per heavy atom. The maximum Gasteiger partial charge on any atom is 0.334 e. The third-order valence-electron chi connectivity index (χ3n) is 8.68. The van der Waals surface area contributed by atoms with E-state index in [0.29, 0.717) is 31.4 Å². The number of carbonyl (C=O) groups is 1. The van der Waals surface area contributed by atoms with Gasteiger partial charge < -0.3 is 23.4 Å². The third-order valence-corrected chi connectivity index (χ3v) is 13.7. The van der Waals surface area contributed by atoms with Crippen LogP contribution in [0.3, 0.4) is 0 Å². The zero-order valence-corrected chi connectivity index (χ0v) is 28.5. The average Bonchev–Trinajstić information content (AvgIpc) is 3.35. The zero-order valence-electron chi connectivity index (χ0n) is 27.5. The highest BCUT2D eigenvalue weighted by Gasteiger charge is 2.50. The Balaban J connectivity index is 1.66. The number of methoxy groups -OCH3 is 3. The van der Waals surface area contributed by atoms with Crippen molar-refractivity contribution >= 4 is 24.7 Å². The van der Waals surface area contributed by atoms with Gasteiger partial charge in [0.05, 0.1) is 18.3 Å². The smallest absolute Gasteiger partial charge is 0.334 e. The molecule has 0 unspecified atom stereocenters. The fourth-order valence-corrected chi connectivity index (χ4v) is 10.8. The number of esters is 1. The van der Waals surface area contributed by atoms with Gasteiger partial charge in [0.2, 0.25) is 0 Å². The van der Waals surface area contributed by atoms with Crippen molar-refractivity contribution in [3.8, 4) is 0 Å². The van der Waals surface area contributed by atoms with Gasteiger partial charge in [-0.1, -0.05) is 108 Å². The molecule has 0 bridgehead atoms. The van der Waals surface area contributed by atoms with E-state index in [1.165, 1.54) is 23.2 Å². The summed E-state index contributed by atoms with van der Waals surface area (Å²) in [4.78, 5) is 12.8. The van der Waals surface area contributed by atoms with Gasteiger partial charge >= 0.3 is 5.97 Å². The number of benzene rings is 2. The second kappa shape index (κ2) is 17.3. The number of hydrogen-bond donors (Lipinski definition) is 0. The maximum atomic E-state index is 12.8. The topological polar surface area (TPSA) is 63.2 Å². The van der Waals surface area contributed by atoms with Crippen molar-refractivity contribution in [3.05, 3.63) is 72.3 Å². The van der Waals surface area contributed by atoms with Gasteiger partial charge in [-0.15, -0.1) is 0 Å².